The Labute approximate surface area is 125 Å². The third-order valence-corrected chi connectivity index (χ3v) is 4.81. The van der Waals surface area contributed by atoms with Crippen LogP contribution in [0.2, 0.25) is 0 Å². The highest BCUT2D eigenvalue weighted by atomic mass is 32.2. The summed E-state index contributed by atoms with van der Waals surface area (Å²) >= 11 is 1.73. The summed E-state index contributed by atoms with van der Waals surface area (Å²) in [4.78, 5) is 15.1. The summed E-state index contributed by atoms with van der Waals surface area (Å²) in [7, 11) is 0. The third kappa shape index (κ3) is 4.25. The summed E-state index contributed by atoms with van der Waals surface area (Å²) in [6.07, 6.45) is 1.95. The minimum Gasteiger partial charge on any atom is -0.391 e. The van der Waals surface area contributed by atoms with Gasteiger partial charge in [-0.1, -0.05) is 6.07 Å². The second-order valence-electron chi connectivity index (χ2n) is 5.48. The van der Waals surface area contributed by atoms with Crippen LogP contribution in [0.3, 0.4) is 0 Å². The number of nitrogens with zero attached hydrogens (tertiary/aromatic N) is 1. The number of rotatable bonds is 4. The van der Waals surface area contributed by atoms with Crippen LogP contribution in [-0.4, -0.2) is 40.9 Å². The van der Waals surface area contributed by atoms with E-state index in [1.54, 1.807) is 16.7 Å². The first-order valence-corrected chi connectivity index (χ1v) is 8.20. The maximum Gasteiger partial charge on any atom is 0.223 e. The molecule has 110 valence electrons. The molecule has 1 atom stereocenters. The summed E-state index contributed by atoms with van der Waals surface area (Å²) in [5.74, 6) is 0.966. The highest BCUT2D eigenvalue weighted by molar-refractivity contribution is 7.99. The number of aliphatic hydroxyl groups excluding tert-OH is 1. The van der Waals surface area contributed by atoms with Gasteiger partial charge in [-0.2, -0.15) is 0 Å². The average Bonchev–Trinajstić information content (AvgIpc) is 2.42. The van der Waals surface area contributed by atoms with Gasteiger partial charge in [-0.3, -0.25) is 4.79 Å². The largest absolute Gasteiger partial charge is 0.391 e. The highest BCUT2D eigenvalue weighted by Gasteiger charge is 2.21. The van der Waals surface area contributed by atoms with Crippen LogP contribution in [0.5, 0.6) is 0 Å². The molecule has 1 saturated heterocycles. The molecule has 1 aliphatic heterocycles. The van der Waals surface area contributed by atoms with E-state index in [0.29, 0.717) is 13.0 Å². The summed E-state index contributed by atoms with van der Waals surface area (Å²) in [6, 6.07) is 6.41. The lowest BCUT2D eigenvalue weighted by Crippen LogP contribution is -2.42. The summed E-state index contributed by atoms with van der Waals surface area (Å²) in [5, 5.41) is 9.59. The lowest BCUT2D eigenvalue weighted by molar-refractivity contribution is -0.133. The number of β-amino-alcohol motifs (C(OH)–C–C–N with tert-alkyl or cyclic N) is 1. The second kappa shape index (κ2) is 7.14. The van der Waals surface area contributed by atoms with Gasteiger partial charge >= 0.3 is 0 Å². The van der Waals surface area contributed by atoms with Crippen molar-refractivity contribution >= 4 is 17.7 Å². The van der Waals surface area contributed by atoms with E-state index < -0.39 is 0 Å². The Bertz CT molecular complexity index is 476. The van der Waals surface area contributed by atoms with Crippen LogP contribution in [0.4, 0.5) is 0 Å². The number of hydrogen-bond acceptors (Lipinski definition) is 3. The molecule has 1 aromatic carbocycles. The molecule has 0 bridgehead atoms. The molecule has 0 aliphatic carbocycles. The van der Waals surface area contributed by atoms with E-state index >= 15 is 0 Å². The zero-order valence-electron chi connectivity index (χ0n) is 12.3. The third-order valence-electron chi connectivity index (χ3n) is 3.81. The highest BCUT2D eigenvalue weighted by Crippen LogP contribution is 2.22. The van der Waals surface area contributed by atoms with E-state index in [9.17, 15) is 9.90 Å². The molecular weight excluding hydrogens is 270 g/mol. The predicted octanol–water partition coefficient (Wildman–Crippen LogP) is 2.77. The zero-order valence-corrected chi connectivity index (χ0v) is 13.1. The molecule has 1 amide bonds. The number of piperidine rings is 1. The van der Waals surface area contributed by atoms with Crippen molar-refractivity contribution in [2.75, 3.05) is 18.8 Å². The van der Waals surface area contributed by atoms with E-state index in [2.05, 4.69) is 32.0 Å². The van der Waals surface area contributed by atoms with Crippen molar-refractivity contribution in [1.29, 1.82) is 0 Å². The van der Waals surface area contributed by atoms with E-state index in [1.165, 1.54) is 16.0 Å². The SMILES string of the molecule is Cc1ccc(SCCC(=O)N2CCC[C@H](O)C2)cc1C. The molecule has 0 spiro atoms. The standard InChI is InChI=1S/C16H23NO2S/c1-12-5-6-15(10-13(12)2)20-9-7-16(19)17-8-3-4-14(18)11-17/h5-6,10,14,18H,3-4,7-9,11H2,1-2H3/t14-/m0/s1. The molecule has 0 saturated carbocycles. The second-order valence-corrected chi connectivity index (χ2v) is 6.65. The van der Waals surface area contributed by atoms with Crippen molar-refractivity contribution < 1.29 is 9.90 Å². The summed E-state index contributed by atoms with van der Waals surface area (Å²) < 4.78 is 0. The van der Waals surface area contributed by atoms with Crippen molar-refractivity contribution in [3.05, 3.63) is 29.3 Å². The summed E-state index contributed by atoms with van der Waals surface area (Å²) in [5.41, 5.74) is 2.59. The fourth-order valence-electron chi connectivity index (χ4n) is 2.40. The van der Waals surface area contributed by atoms with Crippen LogP contribution in [0.25, 0.3) is 0 Å². The van der Waals surface area contributed by atoms with E-state index in [0.717, 1.165) is 25.1 Å². The number of likely N-dealkylation sites (tertiary alicyclic amines) is 1. The maximum absolute atomic E-state index is 12.1. The molecule has 1 fully saturated rings. The molecule has 20 heavy (non-hydrogen) atoms. The van der Waals surface area contributed by atoms with Gasteiger partial charge in [-0.05, 0) is 49.9 Å². The number of carbonyl (C=O) groups is 1. The van der Waals surface area contributed by atoms with Crippen LogP contribution < -0.4 is 0 Å². The van der Waals surface area contributed by atoms with Crippen LogP contribution in [-0.2, 0) is 4.79 Å². The fraction of sp³-hybridized carbons (Fsp3) is 0.562. The number of aryl methyl sites for hydroxylation is 2. The van der Waals surface area contributed by atoms with Crippen LogP contribution >= 0.6 is 11.8 Å². The first-order chi connectivity index (χ1) is 9.56. The number of thioether (sulfide) groups is 1. The van der Waals surface area contributed by atoms with Gasteiger partial charge in [-0.15, -0.1) is 11.8 Å². The van der Waals surface area contributed by atoms with Crippen molar-refractivity contribution in [3.63, 3.8) is 0 Å². The number of hydrogen-bond donors (Lipinski definition) is 1. The van der Waals surface area contributed by atoms with E-state index in [-0.39, 0.29) is 12.0 Å². The molecule has 1 aromatic rings. The molecule has 0 aromatic heterocycles. The number of benzene rings is 1. The van der Waals surface area contributed by atoms with Crippen LogP contribution in [0.15, 0.2) is 23.1 Å². The zero-order chi connectivity index (χ0) is 14.5. The minimum absolute atomic E-state index is 0.167. The van der Waals surface area contributed by atoms with Crippen molar-refractivity contribution in [2.24, 2.45) is 0 Å². The van der Waals surface area contributed by atoms with E-state index in [4.69, 9.17) is 0 Å². The molecule has 2 rings (SSSR count). The molecule has 0 unspecified atom stereocenters. The molecule has 1 N–H and O–H groups in total. The smallest absolute Gasteiger partial charge is 0.223 e. The Morgan fingerprint density at radius 3 is 2.90 bits per heavy atom. The first-order valence-electron chi connectivity index (χ1n) is 7.22. The normalized spacial score (nSPS) is 19.1. The Balaban J connectivity index is 1.77. The number of carbonyl (C=O) groups excluding carboxylic acids is 1. The summed E-state index contributed by atoms with van der Waals surface area (Å²) in [6.45, 7) is 5.52. The molecule has 1 aliphatic rings. The molecule has 1 heterocycles. The van der Waals surface area contributed by atoms with Crippen LogP contribution in [0, 0.1) is 13.8 Å². The Hall–Kier alpha value is -1.00. The topological polar surface area (TPSA) is 40.5 Å². The predicted molar refractivity (Wildman–Crippen MR) is 83.1 cm³/mol. The molecule has 0 radical (unpaired) electrons. The number of amides is 1. The fourth-order valence-corrected chi connectivity index (χ4v) is 3.34. The lowest BCUT2D eigenvalue weighted by Gasteiger charge is -2.30. The Morgan fingerprint density at radius 2 is 2.20 bits per heavy atom. The van der Waals surface area contributed by atoms with Gasteiger partial charge in [0, 0.05) is 30.2 Å². The van der Waals surface area contributed by atoms with Gasteiger partial charge in [0.25, 0.3) is 0 Å². The van der Waals surface area contributed by atoms with Gasteiger partial charge in [0.15, 0.2) is 0 Å². The van der Waals surface area contributed by atoms with Crippen molar-refractivity contribution in [3.8, 4) is 0 Å². The van der Waals surface area contributed by atoms with Gasteiger partial charge < -0.3 is 10.0 Å². The lowest BCUT2D eigenvalue weighted by atomic mass is 10.1. The number of aliphatic hydroxyl groups is 1. The van der Waals surface area contributed by atoms with Gasteiger partial charge in [0.05, 0.1) is 6.10 Å². The van der Waals surface area contributed by atoms with Crippen LogP contribution in [0.1, 0.15) is 30.4 Å². The average molecular weight is 293 g/mol. The minimum atomic E-state index is -0.333. The molecule has 4 heteroatoms. The Morgan fingerprint density at radius 1 is 1.40 bits per heavy atom. The first kappa shape index (κ1) is 15.4. The maximum atomic E-state index is 12.1. The van der Waals surface area contributed by atoms with Gasteiger partial charge in [-0.25, -0.2) is 0 Å². The quantitative estimate of drug-likeness (QED) is 0.868. The van der Waals surface area contributed by atoms with Gasteiger partial charge in [0.1, 0.15) is 0 Å². The van der Waals surface area contributed by atoms with E-state index in [1.807, 2.05) is 0 Å². The van der Waals surface area contributed by atoms with Crippen molar-refractivity contribution in [1.82, 2.24) is 4.90 Å². The Kier molecular flexibility index (Phi) is 5.49. The van der Waals surface area contributed by atoms with Crippen molar-refractivity contribution in [2.45, 2.75) is 44.1 Å². The van der Waals surface area contributed by atoms with Gasteiger partial charge in [0.2, 0.25) is 5.91 Å². The monoisotopic (exact) mass is 293 g/mol. The molecule has 3 nitrogen and oxygen atoms in total. The molecular formula is C16H23NO2S.